The molecule has 1 aliphatic heterocycles. The second-order valence-electron chi connectivity index (χ2n) is 11.3. The summed E-state index contributed by atoms with van der Waals surface area (Å²) in [5.74, 6) is -4.21. The average Bonchev–Trinajstić information content (AvgIpc) is 3.46. The van der Waals surface area contributed by atoms with E-state index >= 15 is 0 Å². The quantitative estimate of drug-likeness (QED) is 0.218. The minimum Gasteiger partial charge on any atom is -0.481 e. The summed E-state index contributed by atoms with van der Waals surface area (Å²) in [4.78, 5) is 77.4. The zero-order valence-electron chi connectivity index (χ0n) is 25.5. The number of amides is 4. The highest BCUT2D eigenvalue weighted by Gasteiger charge is 2.38. The van der Waals surface area contributed by atoms with Crippen molar-refractivity contribution in [2.24, 2.45) is 11.8 Å². The molecule has 0 bridgehead atoms. The van der Waals surface area contributed by atoms with Gasteiger partial charge in [-0.1, -0.05) is 58.0 Å². The van der Waals surface area contributed by atoms with Crippen molar-refractivity contribution in [2.45, 2.75) is 90.6 Å². The van der Waals surface area contributed by atoms with Crippen LogP contribution in [0, 0.1) is 11.8 Å². The highest BCUT2D eigenvalue weighted by atomic mass is 16.6. The van der Waals surface area contributed by atoms with Crippen molar-refractivity contribution in [3.8, 4) is 0 Å². The SMILES string of the molecule is COC(=O)[C@@H](NC(=O)C(CCC(=O)O)NC(=O)[C@H](CC(C)C)NC(=O)C1CCCN1C(=O)OCc1ccccc1)C(C)C. The first-order chi connectivity index (χ1) is 20.3. The van der Waals surface area contributed by atoms with Gasteiger partial charge in [0.15, 0.2) is 0 Å². The molecule has 0 radical (unpaired) electrons. The summed E-state index contributed by atoms with van der Waals surface area (Å²) in [6, 6.07) is 4.92. The Labute approximate surface area is 252 Å². The molecule has 1 aliphatic rings. The molecule has 0 aliphatic carbocycles. The number of hydrogen-bond acceptors (Lipinski definition) is 8. The summed E-state index contributed by atoms with van der Waals surface area (Å²) in [7, 11) is 1.18. The Morgan fingerprint density at radius 2 is 1.60 bits per heavy atom. The van der Waals surface area contributed by atoms with E-state index in [1.54, 1.807) is 13.8 Å². The van der Waals surface area contributed by atoms with Crippen molar-refractivity contribution in [3.63, 3.8) is 0 Å². The maximum atomic E-state index is 13.4. The molecule has 1 saturated heterocycles. The molecule has 4 N–H and O–H groups in total. The van der Waals surface area contributed by atoms with Gasteiger partial charge in [-0.2, -0.15) is 0 Å². The Bertz CT molecular complexity index is 1130. The fourth-order valence-electron chi connectivity index (χ4n) is 4.72. The number of carboxylic acid groups (broad SMARTS) is 1. The number of benzene rings is 1. The zero-order chi connectivity index (χ0) is 32.1. The lowest BCUT2D eigenvalue weighted by Gasteiger charge is -2.28. The van der Waals surface area contributed by atoms with Crippen LogP contribution in [-0.4, -0.2) is 83.6 Å². The fourth-order valence-corrected chi connectivity index (χ4v) is 4.72. The van der Waals surface area contributed by atoms with Crippen LogP contribution < -0.4 is 16.0 Å². The predicted octanol–water partition coefficient (Wildman–Crippen LogP) is 1.98. The van der Waals surface area contributed by atoms with Gasteiger partial charge in [0.2, 0.25) is 17.7 Å². The summed E-state index contributed by atoms with van der Waals surface area (Å²) < 4.78 is 10.2. The molecule has 2 rings (SSSR count). The first-order valence-electron chi connectivity index (χ1n) is 14.5. The van der Waals surface area contributed by atoms with Crippen LogP contribution in [-0.2, 0) is 40.1 Å². The minimum absolute atomic E-state index is 0.0393. The molecule has 4 amide bonds. The summed E-state index contributed by atoms with van der Waals surface area (Å²) >= 11 is 0. The molecule has 43 heavy (non-hydrogen) atoms. The third-order valence-corrected chi connectivity index (χ3v) is 7.03. The maximum absolute atomic E-state index is 13.4. The van der Waals surface area contributed by atoms with Crippen LogP contribution in [0.5, 0.6) is 0 Å². The van der Waals surface area contributed by atoms with E-state index in [-0.39, 0.29) is 31.3 Å². The Hall–Kier alpha value is -4.16. The molecule has 1 heterocycles. The molecule has 0 saturated carbocycles. The molecule has 0 spiro atoms. The van der Waals surface area contributed by atoms with Crippen LogP contribution in [0.15, 0.2) is 30.3 Å². The lowest BCUT2D eigenvalue weighted by atomic mass is 10.0. The molecular formula is C30H44N4O9. The smallest absolute Gasteiger partial charge is 0.410 e. The highest BCUT2D eigenvalue weighted by Crippen LogP contribution is 2.20. The average molecular weight is 605 g/mol. The van der Waals surface area contributed by atoms with E-state index in [9.17, 15) is 33.9 Å². The van der Waals surface area contributed by atoms with E-state index in [2.05, 4.69) is 16.0 Å². The Morgan fingerprint density at radius 1 is 0.953 bits per heavy atom. The van der Waals surface area contributed by atoms with Crippen LogP contribution in [0.4, 0.5) is 4.79 Å². The molecule has 0 aromatic heterocycles. The van der Waals surface area contributed by atoms with Crippen molar-refractivity contribution in [2.75, 3.05) is 13.7 Å². The fraction of sp³-hybridized carbons (Fsp3) is 0.600. The monoisotopic (exact) mass is 604 g/mol. The number of rotatable bonds is 15. The molecule has 1 aromatic carbocycles. The lowest BCUT2D eigenvalue weighted by Crippen LogP contribution is -2.58. The number of methoxy groups -OCH3 is 1. The number of carbonyl (C=O) groups excluding carboxylic acids is 5. The second-order valence-corrected chi connectivity index (χ2v) is 11.3. The van der Waals surface area contributed by atoms with E-state index in [0.717, 1.165) is 5.56 Å². The maximum Gasteiger partial charge on any atom is 0.410 e. The lowest BCUT2D eigenvalue weighted by molar-refractivity contribution is -0.147. The van der Waals surface area contributed by atoms with Crippen LogP contribution in [0.1, 0.15) is 65.4 Å². The van der Waals surface area contributed by atoms with E-state index in [4.69, 9.17) is 9.47 Å². The molecule has 4 atom stereocenters. The van der Waals surface area contributed by atoms with Crippen molar-refractivity contribution in [1.82, 2.24) is 20.9 Å². The van der Waals surface area contributed by atoms with E-state index in [1.807, 2.05) is 44.2 Å². The Kier molecular flexibility index (Phi) is 13.9. The van der Waals surface area contributed by atoms with Crippen molar-refractivity contribution < 1.29 is 43.3 Å². The van der Waals surface area contributed by atoms with Gasteiger partial charge < -0.3 is 30.5 Å². The number of likely N-dealkylation sites (tertiary alicyclic amines) is 1. The first-order valence-corrected chi connectivity index (χ1v) is 14.5. The zero-order valence-corrected chi connectivity index (χ0v) is 25.5. The second kappa shape index (κ2) is 17.1. The van der Waals surface area contributed by atoms with Crippen molar-refractivity contribution in [1.29, 1.82) is 0 Å². The highest BCUT2D eigenvalue weighted by molar-refractivity contribution is 5.95. The molecule has 13 nitrogen and oxygen atoms in total. The van der Waals surface area contributed by atoms with Gasteiger partial charge in [-0.05, 0) is 43.1 Å². The van der Waals surface area contributed by atoms with Crippen LogP contribution >= 0.6 is 0 Å². The van der Waals surface area contributed by atoms with E-state index < -0.39 is 66.3 Å². The van der Waals surface area contributed by atoms with Gasteiger partial charge in [-0.25, -0.2) is 9.59 Å². The van der Waals surface area contributed by atoms with Crippen molar-refractivity contribution >= 4 is 35.8 Å². The third-order valence-electron chi connectivity index (χ3n) is 7.03. The first kappa shape index (κ1) is 35.0. The molecule has 238 valence electrons. The van der Waals surface area contributed by atoms with Gasteiger partial charge in [-0.3, -0.25) is 24.1 Å². The van der Waals surface area contributed by atoms with E-state index in [1.165, 1.54) is 12.0 Å². The third kappa shape index (κ3) is 11.2. The number of ether oxygens (including phenoxy) is 2. The normalized spacial score (nSPS) is 16.6. The molecule has 1 fully saturated rings. The van der Waals surface area contributed by atoms with Gasteiger partial charge in [-0.15, -0.1) is 0 Å². The number of nitrogens with zero attached hydrogens (tertiary/aromatic N) is 1. The molecule has 13 heteroatoms. The van der Waals surface area contributed by atoms with Crippen LogP contribution in [0.3, 0.4) is 0 Å². The van der Waals surface area contributed by atoms with Crippen LogP contribution in [0.25, 0.3) is 0 Å². The van der Waals surface area contributed by atoms with Gasteiger partial charge in [0.05, 0.1) is 7.11 Å². The number of carbonyl (C=O) groups is 6. The summed E-state index contributed by atoms with van der Waals surface area (Å²) in [5, 5.41) is 17.0. The summed E-state index contributed by atoms with van der Waals surface area (Å²) in [6.07, 6.45) is -0.129. The number of aliphatic carboxylic acids is 1. The topological polar surface area (TPSA) is 180 Å². The minimum atomic E-state index is -1.29. The van der Waals surface area contributed by atoms with E-state index in [0.29, 0.717) is 19.4 Å². The van der Waals surface area contributed by atoms with Gasteiger partial charge in [0.1, 0.15) is 30.8 Å². The predicted molar refractivity (Wildman–Crippen MR) is 155 cm³/mol. The largest absolute Gasteiger partial charge is 0.481 e. The summed E-state index contributed by atoms with van der Waals surface area (Å²) in [6.45, 7) is 7.48. The molecule has 1 aromatic rings. The number of esters is 1. The van der Waals surface area contributed by atoms with Crippen LogP contribution in [0.2, 0.25) is 0 Å². The Morgan fingerprint density at radius 3 is 2.19 bits per heavy atom. The molecular weight excluding hydrogens is 560 g/mol. The number of hydrogen-bond donors (Lipinski definition) is 4. The number of carboxylic acids is 1. The Balaban J connectivity index is 2.14. The standard InChI is InChI=1S/C30H44N4O9/c1-18(2)16-22(27(38)31-21(13-14-24(35)36)26(37)33-25(19(3)4)29(40)42-5)32-28(39)23-12-9-15-34(23)30(41)43-17-20-10-7-6-8-11-20/h6-8,10-11,18-19,21-23,25H,9,12-17H2,1-5H3,(H,31,38)(H,32,39)(H,33,37)(H,35,36)/t21?,22-,23?,25-/m0/s1. The molecule has 2 unspecified atom stereocenters. The van der Waals surface area contributed by atoms with Gasteiger partial charge in [0.25, 0.3) is 0 Å². The van der Waals surface area contributed by atoms with Crippen molar-refractivity contribution in [3.05, 3.63) is 35.9 Å². The van der Waals surface area contributed by atoms with Gasteiger partial charge >= 0.3 is 18.0 Å². The van der Waals surface area contributed by atoms with Gasteiger partial charge in [0, 0.05) is 13.0 Å². The number of nitrogens with one attached hydrogen (secondary N) is 3. The summed E-state index contributed by atoms with van der Waals surface area (Å²) in [5.41, 5.74) is 0.803.